The van der Waals surface area contributed by atoms with Gasteiger partial charge in [-0.25, -0.2) is 0 Å². The van der Waals surface area contributed by atoms with Crippen LogP contribution in [-0.4, -0.2) is 44.1 Å². The minimum Gasteiger partial charge on any atom is -0.370 e. The lowest BCUT2D eigenvalue weighted by Gasteiger charge is -2.28. The van der Waals surface area contributed by atoms with Crippen LogP contribution in [0.1, 0.15) is 24.8 Å². The minimum absolute atomic E-state index is 0.0741. The lowest BCUT2D eigenvalue weighted by atomic mass is 10.0. The molecule has 0 unspecified atom stereocenters. The average Bonchev–Trinajstić information content (AvgIpc) is 3.62. The summed E-state index contributed by atoms with van der Waals surface area (Å²) in [4.78, 5) is 27.5. The third-order valence-corrected chi connectivity index (χ3v) is 7.60. The first-order valence-corrected chi connectivity index (χ1v) is 13.7. The number of nitrogens with one attached hydrogen (secondary N) is 3. The lowest BCUT2D eigenvalue weighted by Crippen LogP contribution is -2.29. The number of hydrogen-bond acceptors (Lipinski definition) is 5. The second kappa shape index (κ2) is 10.3. The van der Waals surface area contributed by atoms with Gasteiger partial charge in [0.05, 0.1) is 53.1 Å². The topological polar surface area (TPSA) is 103 Å². The van der Waals surface area contributed by atoms with Crippen molar-refractivity contribution in [3.8, 4) is 22.5 Å². The molecule has 6 aromatic rings. The maximum absolute atomic E-state index is 12.6. The molecular formula is C32H29N7O. The van der Waals surface area contributed by atoms with Crippen LogP contribution < -0.4 is 10.2 Å². The zero-order chi connectivity index (χ0) is 26.9. The van der Waals surface area contributed by atoms with E-state index in [9.17, 15) is 4.79 Å². The molecule has 7 rings (SSSR count). The Kier molecular flexibility index (Phi) is 6.20. The Morgan fingerprint density at radius 1 is 0.825 bits per heavy atom. The number of rotatable bonds is 6. The fourth-order valence-corrected chi connectivity index (χ4v) is 5.60. The number of H-pyrrole nitrogens is 2. The van der Waals surface area contributed by atoms with Gasteiger partial charge < -0.3 is 15.2 Å². The molecule has 40 heavy (non-hydrogen) atoms. The van der Waals surface area contributed by atoms with E-state index in [1.165, 1.54) is 30.3 Å². The average molecular weight is 528 g/mol. The van der Waals surface area contributed by atoms with Crippen LogP contribution in [0, 0.1) is 0 Å². The van der Waals surface area contributed by atoms with E-state index in [-0.39, 0.29) is 5.91 Å². The molecule has 0 atom stereocenters. The number of nitrogens with zero attached hydrogens (tertiary/aromatic N) is 4. The minimum atomic E-state index is -0.0741. The Bertz CT molecular complexity index is 1820. The van der Waals surface area contributed by atoms with E-state index in [4.69, 9.17) is 0 Å². The van der Waals surface area contributed by atoms with Gasteiger partial charge in [0.15, 0.2) is 0 Å². The van der Waals surface area contributed by atoms with Crippen LogP contribution in [0.3, 0.4) is 0 Å². The molecule has 0 spiro atoms. The van der Waals surface area contributed by atoms with Gasteiger partial charge in [0.1, 0.15) is 5.69 Å². The molecule has 198 valence electrons. The molecule has 4 aromatic heterocycles. The highest BCUT2D eigenvalue weighted by molar-refractivity contribution is 6.00. The maximum Gasteiger partial charge on any atom is 0.228 e. The molecule has 0 radical (unpaired) electrons. The number of benzene rings is 2. The lowest BCUT2D eigenvalue weighted by molar-refractivity contribution is -0.115. The quantitative estimate of drug-likeness (QED) is 0.235. The summed E-state index contributed by atoms with van der Waals surface area (Å²) < 4.78 is 0. The van der Waals surface area contributed by atoms with E-state index < -0.39 is 0 Å². The summed E-state index contributed by atoms with van der Waals surface area (Å²) in [5, 5.41) is 13.0. The van der Waals surface area contributed by atoms with Gasteiger partial charge >= 0.3 is 0 Å². The maximum atomic E-state index is 12.6. The predicted molar refractivity (Wildman–Crippen MR) is 159 cm³/mol. The Morgan fingerprint density at radius 3 is 2.55 bits per heavy atom. The van der Waals surface area contributed by atoms with Gasteiger partial charge in [-0.2, -0.15) is 5.10 Å². The van der Waals surface area contributed by atoms with E-state index in [2.05, 4.69) is 47.5 Å². The second-order valence-corrected chi connectivity index (χ2v) is 10.4. The largest absolute Gasteiger partial charge is 0.370 e. The monoisotopic (exact) mass is 527 g/mol. The predicted octanol–water partition coefficient (Wildman–Crippen LogP) is 6.34. The van der Waals surface area contributed by atoms with E-state index in [1.54, 1.807) is 6.20 Å². The summed E-state index contributed by atoms with van der Waals surface area (Å²) in [5.41, 5.74) is 8.49. The second-order valence-electron chi connectivity index (χ2n) is 10.4. The molecule has 3 N–H and O–H groups in total. The number of hydrogen-bond donors (Lipinski definition) is 3. The fourth-order valence-electron chi connectivity index (χ4n) is 5.60. The van der Waals surface area contributed by atoms with Crippen molar-refractivity contribution >= 4 is 39.1 Å². The molecule has 8 nitrogen and oxygen atoms in total. The van der Waals surface area contributed by atoms with Crippen molar-refractivity contribution in [3.63, 3.8) is 0 Å². The molecule has 1 aliphatic rings. The number of carbonyl (C=O) groups excluding carboxylic acids is 1. The van der Waals surface area contributed by atoms with Gasteiger partial charge in [-0.1, -0.05) is 36.4 Å². The van der Waals surface area contributed by atoms with Crippen molar-refractivity contribution in [2.45, 2.75) is 25.7 Å². The van der Waals surface area contributed by atoms with Crippen molar-refractivity contribution < 1.29 is 4.79 Å². The van der Waals surface area contributed by atoms with Crippen molar-refractivity contribution in [3.05, 3.63) is 91.0 Å². The first-order valence-electron chi connectivity index (χ1n) is 13.7. The number of amides is 1. The number of fused-ring (bicyclic) bond motifs is 2. The zero-order valence-corrected chi connectivity index (χ0v) is 22.0. The van der Waals surface area contributed by atoms with E-state index in [0.717, 1.165) is 57.6 Å². The number of anilines is 2. The molecule has 0 bridgehead atoms. The van der Waals surface area contributed by atoms with Crippen molar-refractivity contribution in [2.24, 2.45) is 0 Å². The highest BCUT2D eigenvalue weighted by Crippen LogP contribution is 2.35. The number of piperidine rings is 1. The third-order valence-electron chi connectivity index (χ3n) is 7.60. The summed E-state index contributed by atoms with van der Waals surface area (Å²) >= 11 is 0. The molecule has 2 aromatic carbocycles. The van der Waals surface area contributed by atoms with E-state index >= 15 is 0 Å². The Morgan fingerprint density at radius 2 is 1.68 bits per heavy atom. The number of carbonyl (C=O) groups is 1. The van der Waals surface area contributed by atoms with Crippen LogP contribution in [0.5, 0.6) is 0 Å². The SMILES string of the molecule is O=C(Cc1ccccc1)Nc1cncc(-c2ccc3[nH]nc(-c4cc5c(N6CCCCC6)cncc5[nH]4)c3c2)c1. The van der Waals surface area contributed by atoms with Crippen LogP contribution in [0.4, 0.5) is 11.4 Å². The van der Waals surface area contributed by atoms with E-state index in [1.807, 2.05) is 67.1 Å². The zero-order valence-electron chi connectivity index (χ0n) is 22.0. The van der Waals surface area contributed by atoms with Gasteiger partial charge in [0.25, 0.3) is 0 Å². The van der Waals surface area contributed by atoms with Crippen LogP contribution in [-0.2, 0) is 11.2 Å². The highest BCUT2D eigenvalue weighted by Gasteiger charge is 2.18. The standard InChI is InChI=1S/C32H29N7O/c40-31(13-21-7-3-1-4-8-21)35-24-14-23(17-33-18-24)22-9-10-27-26(15-22)32(38-37-27)28-16-25-29(36-28)19-34-20-30(25)39-11-5-2-6-12-39/h1,3-4,7-10,14-20,36H,2,5-6,11-13H2,(H,35,40)(H,37,38). The number of aromatic amines is 2. The molecule has 1 saturated heterocycles. The molecular weight excluding hydrogens is 498 g/mol. The third kappa shape index (κ3) is 4.68. The molecule has 0 saturated carbocycles. The summed E-state index contributed by atoms with van der Waals surface area (Å²) in [6.45, 7) is 2.13. The Balaban J connectivity index is 1.19. The van der Waals surface area contributed by atoms with Crippen LogP contribution in [0.2, 0.25) is 0 Å². The van der Waals surface area contributed by atoms with Crippen LogP contribution in [0.25, 0.3) is 44.3 Å². The van der Waals surface area contributed by atoms with Crippen molar-refractivity contribution in [1.82, 2.24) is 25.1 Å². The molecule has 1 aliphatic heterocycles. The first-order chi connectivity index (χ1) is 19.7. The molecule has 1 fully saturated rings. The number of aromatic nitrogens is 5. The van der Waals surface area contributed by atoms with Crippen LogP contribution >= 0.6 is 0 Å². The Labute approximate surface area is 231 Å². The van der Waals surface area contributed by atoms with Gasteiger partial charge in [-0.3, -0.25) is 19.9 Å². The van der Waals surface area contributed by atoms with Gasteiger partial charge in [-0.15, -0.1) is 0 Å². The number of pyridine rings is 2. The summed E-state index contributed by atoms with van der Waals surface area (Å²) in [7, 11) is 0. The normalized spacial score (nSPS) is 13.7. The van der Waals surface area contributed by atoms with E-state index in [0.29, 0.717) is 12.1 Å². The summed E-state index contributed by atoms with van der Waals surface area (Å²) in [5.74, 6) is -0.0741. The molecule has 8 heteroatoms. The molecule has 0 aliphatic carbocycles. The van der Waals surface area contributed by atoms with Gasteiger partial charge in [-0.05, 0) is 54.7 Å². The molecule has 1 amide bonds. The summed E-state index contributed by atoms with van der Waals surface area (Å²) in [6.07, 6.45) is 11.4. The van der Waals surface area contributed by atoms with Gasteiger partial charge in [0.2, 0.25) is 5.91 Å². The first kappa shape index (κ1) is 24.1. The van der Waals surface area contributed by atoms with Crippen molar-refractivity contribution in [2.75, 3.05) is 23.3 Å². The van der Waals surface area contributed by atoms with Gasteiger partial charge in [0, 0.05) is 35.6 Å². The van der Waals surface area contributed by atoms with Crippen LogP contribution in [0.15, 0.2) is 85.5 Å². The molecule has 5 heterocycles. The smallest absolute Gasteiger partial charge is 0.228 e. The Hall–Kier alpha value is -4.98. The fraction of sp³-hybridized carbons (Fsp3) is 0.188. The highest BCUT2D eigenvalue weighted by atomic mass is 16.1. The summed E-state index contributed by atoms with van der Waals surface area (Å²) in [6, 6.07) is 20.1. The van der Waals surface area contributed by atoms with Crippen molar-refractivity contribution in [1.29, 1.82) is 0 Å².